The van der Waals surface area contributed by atoms with Crippen molar-refractivity contribution in [1.82, 2.24) is 0 Å². The van der Waals surface area contributed by atoms with E-state index in [1.807, 2.05) is 47.8 Å². The van der Waals surface area contributed by atoms with Crippen molar-refractivity contribution in [2.24, 2.45) is 5.92 Å². The average molecular weight is 653 g/mol. The summed E-state index contributed by atoms with van der Waals surface area (Å²) in [5.41, 5.74) is 1.08. The first-order valence-electron chi connectivity index (χ1n) is 15.7. The lowest BCUT2D eigenvalue weighted by Crippen LogP contribution is -2.67. The summed E-state index contributed by atoms with van der Waals surface area (Å²) < 4.78 is 25.3. The van der Waals surface area contributed by atoms with Crippen molar-refractivity contribution in [1.29, 1.82) is 0 Å². The molecule has 2 aliphatic rings. The Balaban J connectivity index is 1.36. The van der Waals surface area contributed by atoms with Gasteiger partial charge in [0.25, 0.3) is 8.32 Å². The molecule has 3 atom stereocenters. The van der Waals surface area contributed by atoms with Gasteiger partial charge in [-0.15, -0.1) is 23.5 Å². The second kappa shape index (κ2) is 14.3. The fourth-order valence-corrected chi connectivity index (χ4v) is 14.8. The Hall–Kier alpha value is -1.78. The van der Waals surface area contributed by atoms with Crippen LogP contribution < -0.4 is 15.1 Å². The Morgan fingerprint density at radius 1 is 0.932 bits per heavy atom. The third kappa shape index (κ3) is 7.43. The number of methoxy groups -OCH3 is 1. The van der Waals surface area contributed by atoms with E-state index >= 15 is 0 Å². The molecule has 0 amide bonds. The van der Waals surface area contributed by atoms with Crippen molar-refractivity contribution in [2.75, 3.05) is 31.8 Å². The number of thioether (sulfide) groups is 2. The lowest BCUT2D eigenvalue weighted by Gasteiger charge is -2.51. The van der Waals surface area contributed by atoms with Gasteiger partial charge in [-0.25, -0.2) is 0 Å². The number of ether oxygens (including phenoxy) is 3. The van der Waals surface area contributed by atoms with E-state index < -0.39 is 14.1 Å². The second-order valence-electron chi connectivity index (χ2n) is 13.2. The van der Waals surface area contributed by atoms with Crippen molar-refractivity contribution >= 4 is 42.2 Å². The first kappa shape index (κ1) is 33.6. The van der Waals surface area contributed by atoms with Crippen molar-refractivity contribution in [3.63, 3.8) is 0 Å². The molecule has 5 nitrogen and oxygen atoms in total. The van der Waals surface area contributed by atoms with E-state index in [1.165, 1.54) is 16.8 Å². The molecule has 2 saturated heterocycles. The maximum atomic E-state index is 12.4. The molecule has 0 unspecified atom stereocenters. The van der Waals surface area contributed by atoms with Crippen LogP contribution in [0.2, 0.25) is 5.04 Å². The predicted molar refractivity (Wildman–Crippen MR) is 187 cm³/mol. The molecule has 2 aliphatic heterocycles. The quantitative estimate of drug-likeness (QED) is 0.227. The van der Waals surface area contributed by atoms with Gasteiger partial charge in [-0.1, -0.05) is 100 Å². The lowest BCUT2D eigenvalue weighted by molar-refractivity contribution is -0.289. The third-order valence-electron chi connectivity index (χ3n) is 8.92. The van der Waals surface area contributed by atoms with Crippen LogP contribution in [0.1, 0.15) is 52.5 Å². The van der Waals surface area contributed by atoms with Crippen molar-refractivity contribution in [3.8, 4) is 5.75 Å². The highest BCUT2D eigenvalue weighted by atomic mass is 32.2. The highest BCUT2D eigenvalue weighted by Crippen LogP contribution is 2.55. The van der Waals surface area contributed by atoms with Gasteiger partial charge in [-0.05, 0) is 57.5 Å². The molecule has 3 aromatic carbocycles. The molecule has 8 heteroatoms. The van der Waals surface area contributed by atoms with Crippen LogP contribution in [-0.4, -0.2) is 61.2 Å². The molecule has 5 rings (SSSR count). The van der Waals surface area contributed by atoms with Gasteiger partial charge in [0.2, 0.25) is 0 Å². The molecule has 0 radical (unpaired) electrons. The summed E-state index contributed by atoms with van der Waals surface area (Å²) in [5, 5.41) is 14.7. The minimum atomic E-state index is -2.75. The minimum absolute atomic E-state index is 0.0922. The zero-order chi connectivity index (χ0) is 31.3. The largest absolute Gasteiger partial charge is 0.497 e. The number of hydrogen-bond acceptors (Lipinski definition) is 7. The molecule has 2 fully saturated rings. The van der Waals surface area contributed by atoms with Crippen LogP contribution in [0.25, 0.3) is 0 Å². The van der Waals surface area contributed by atoms with Gasteiger partial charge in [-0.2, -0.15) is 0 Å². The van der Waals surface area contributed by atoms with Crippen LogP contribution in [0.3, 0.4) is 0 Å². The molecular weight excluding hydrogens is 605 g/mol. The number of benzene rings is 3. The molecule has 2 heterocycles. The van der Waals surface area contributed by atoms with Crippen molar-refractivity contribution in [3.05, 3.63) is 90.5 Å². The fraction of sp³-hybridized carbons (Fsp3) is 0.500. The standard InChI is InChI=1S/C36H48O5S2Si/c1-28(24-40-44(34(2,3)4,32-13-8-6-9-14-32)33-15-10-7-11-16-33)36(37)27-35(42-21-12-22-43-35)23-31(41-36)26-39-25-29-17-19-30(38-5)20-18-29/h6-11,13-20,28,31,37H,12,21-27H2,1-5H3/t28-,31-,36+/m1/s1. The topological polar surface area (TPSA) is 57.2 Å². The molecule has 44 heavy (non-hydrogen) atoms. The Bertz CT molecular complexity index is 1270. The summed E-state index contributed by atoms with van der Waals surface area (Å²) in [6.07, 6.45) is 2.42. The van der Waals surface area contributed by atoms with E-state index in [0.717, 1.165) is 29.2 Å². The zero-order valence-electron chi connectivity index (χ0n) is 26.8. The highest BCUT2D eigenvalue weighted by molar-refractivity contribution is 8.18. The average Bonchev–Trinajstić information content (AvgIpc) is 3.02. The minimum Gasteiger partial charge on any atom is -0.497 e. The Kier molecular flexibility index (Phi) is 10.9. The predicted octanol–water partition coefficient (Wildman–Crippen LogP) is 6.86. The first-order valence-corrected chi connectivity index (χ1v) is 19.6. The van der Waals surface area contributed by atoms with E-state index in [2.05, 4.69) is 88.4 Å². The molecule has 238 valence electrons. The SMILES string of the molecule is COc1ccc(COC[C@H]2CC3(C[C@@](O)([C@H](C)CO[Si](c4ccccc4)(c4ccccc4)C(C)(C)C)O2)SCCCS3)cc1. The van der Waals surface area contributed by atoms with E-state index in [-0.39, 0.29) is 21.1 Å². The van der Waals surface area contributed by atoms with Gasteiger partial charge in [0.05, 0.1) is 30.5 Å². The zero-order valence-corrected chi connectivity index (χ0v) is 29.4. The Labute approximate surface area is 273 Å². The van der Waals surface area contributed by atoms with Crippen LogP contribution >= 0.6 is 23.5 Å². The molecular formula is C36H48O5S2Si. The third-order valence-corrected chi connectivity index (χ3v) is 17.3. The van der Waals surface area contributed by atoms with Gasteiger partial charge < -0.3 is 23.7 Å². The number of aliphatic hydroxyl groups is 1. The summed E-state index contributed by atoms with van der Waals surface area (Å²) >= 11 is 3.97. The lowest BCUT2D eigenvalue weighted by atomic mass is 9.91. The smallest absolute Gasteiger partial charge is 0.261 e. The van der Waals surface area contributed by atoms with E-state index in [0.29, 0.717) is 26.2 Å². The molecule has 3 aromatic rings. The maximum Gasteiger partial charge on any atom is 0.261 e. The van der Waals surface area contributed by atoms with Crippen LogP contribution in [0.15, 0.2) is 84.9 Å². The van der Waals surface area contributed by atoms with Gasteiger partial charge in [0.15, 0.2) is 5.79 Å². The highest BCUT2D eigenvalue weighted by Gasteiger charge is 2.55. The number of rotatable bonds is 11. The number of hydrogen-bond donors (Lipinski definition) is 1. The summed E-state index contributed by atoms with van der Waals surface area (Å²) in [7, 11) is -1.08. The van der Waals surface area contributed by atoms with E-state index in [9.17, 15) is 5.11 Å². The van der Waals surface area contributed by atoms with Gasteiger partial charge in [0, 0.05) is 18.9 Å². The second-order valence-corrected chi connectivity index (χ2v) is 20.7. The van der Waals surface area contributed by atoms with Gasteiger partial charge >= 0.3 is 0 Å². The molecule has 0 saturated carbocycles. The van der Waals surface area contributed by atoms with Crippen molar-refractivity contribution < 1.29 is 23.7 Å². The van der Waals surface area contributed by atoms with E-state index in [1.54, 1.807) is 7.11 Å². The fourth-order valence-electron chi connectivity index (χ4n) is 6.57. The Morgan fingerprint density at radius 2 is 1.52 bits per heavy atom. The monoisotopic (exact) mass is 652 g/mol. The molecule has 1 spiro atoms. The molecule has 1 N–H and O–H groups in total. The van der Waals surface area contributed by atoms with Crippen LogP contribution in [0, 0.1) is 5.92 Å². The summed E-state index contributed by atoms with van der Waals surface area (Å²) in [6, 6.07) is 29.3. The van der Waals surface area contributed by atoms with Crippen LogP contribution in [0.5, 0.6) is 5.75 Å². The normalized spacial score (nSPS) is 22.9. The van der Waals surface area contributed by atoms with Gasteiger partial charge in [0.1, 0.15) is 5.75 Å². The van der Waals surface area contributed by atoms with Gasteiger partial charge in [-0.3, -0.25) is 0 Å². The van der Waals surface area contributed by atoms with Crippen LogP contribution in [0.4, 0.5) is 0 Å². The summed E-state index contributed by atoms with van der Waals surface area (Å²) in [4.78, 5) is 0. The molecule has 0 aromatic heterocycles. The Morgan fingerprint density at radius 3 is 2.07 bits per heavy atom. The maximum absolute atomic E-state index is 12.4. The molecule has 0 aliphatic carbocycles. The molecule has 0 bridgehead atoms. The van der Waals surface area contributed by atoms with Crippen LogP contribution in [-0.2, 0) is 20.5 Å². The summed E-state index contributed by atoms with van der Waals surface area (Å²) in [5.74, 6) is 1.48. The van der Waals surface area contributed by atoms with E-state index in [4.69, 9.17) is 18.6 Å². The summed E-state index contributed by atoms with van der Waals surface area (Å²) in [6.45, 7) is 10.3. The first-order chi connectivity index (χ1) is 21.1. The van der Waals surface area contributed by atoms with Crippen molar-refractivity contribution in [2.45, 2.75) is 74.6 Å².